The van der Waals surface area contributed by atoms with Crippen LogP contribution in [0.1, 0.15) is 74.6 Å². The Kier molecular flexibility index (Phi) is 16.0. The summed E-state index contributed by atoms with van der Waals surface area (Å²) in [6.07, 6.45) is -0.348. The Hall–Kier alpha value is -3.26. The molecule has 1 saturated heterocycles. The van der Waals surface area contributed by atoms with Crippen molar-refractivity contribution in [2.45, 2.75) is 72.8 Å². The van der Waals surface area contributed by atoms with Crippen LogP contribution < -0.4 is 15.5 Å². The molecule has 11 heteroatoms. The molecule has 0 spiro atoms. The second kappa shape index (κ2) is 17.4. The molecular weight excluding hydrogens is 611 g/mol. The first-order valence-corrected chi connectivity index (χ1v) is 12.5. The van der Waals surface area contributed by atoms with E-state index in [9.17, 15) is 9.59 Å². The molecule has 1 amide bonds. The number of carbonyl (C=O) groups is 4. The Bertz CT molecular complexity index is 1100. The van der Waals surface area contributed by atoms with Crippen molar-refractivity contribution in [2.75, 3.05) is 13.1 Å². The average molecular weight is 649 g/mol. The van der Waals surface area contributed by atoms with Gasteiger partial charge >= 0.3 is 32.5 Å². The van der Waals surface area contributed by atoms with Crippen LogP contribution in [0.4, 0.5) is 4.79 Å². The van der Waals surface area contributed by atoms with Gasteiger partial charge in [-0.15, -0.1) is 0 Å². The van der Waals surface area contributed by atoms with Gasteiger partial charge in [-0.05, 0) is 71.2 Å². The third-order valence-electron chi connectivity index (χ3n) is 5.29. The van der Waals surface area contributed by atoms with E-state index >= 15 is 0 Å². The standard InChI is InChI=1S/C25H32N2O4.2C2H4O2.Pd/c1-17-11-12-20(15-21(17)23(28)30-16-19-9-7-6-8-10-19)22-18(2)26-13-14-27(22)24(29)31-25(3,4)5;2*1-2(3)4;/h6-12,15,18,22,26H,13-14,16H2,1-5H3;2*1H3,(H,3,4);/q;;;+2/p-2. The van der Waals surface area contributed by atoms with Crippen molar-refractivity contribution in [2.24, 2.45) is 0 Å². The summed E-state index contributed by atoms with van der Waals surface area (Å²) in [4.78, 5) is 45.2. The van der Waals surface area contributed by atoms with Crippen LogP contribution in [-0.4, -0.2) is 53.6 Å². The molecule has 1 aliphatic heterocycles. The fourth-order valence-electron chi connectivity index (χ4n) is 3.77. The molecule has 1 N–H and O–H groups in total. The van der Waals surface area contributed by atoms with Crippen LogP contribution in [0, 0.1) is 6.92 Å². The number of ether oxygens (including phenoxy) is 2. The molecule has 0 aliphatic carbocycles. The summed E-state index contributed by atoms with van der Waals surface area (Å²) < 4.78 is 11.2. The van der Waals surface area contributed by atoms with Gasteiger partial charge in [0, 0.05) is 31.1 Å². The van der Waals surface area contributed by atoms with Crippen LogP contribution in [0.25, 0.3) is 0 Å². The zero-order valence-electron chi connectivity index (χ0n) is 23.9. The van der Waals surface area contributed by atoms with E-state index in [0.29, 0.717) is 18.7 Å². The number of piperazine rings is 1. The molecule has 2 aromatic carbocycles. The maximum absolute atomic E-state index is 12.9. The van der Waals surface area contributed by atoms with Gasteiger partial charge in [-0.3, -0.25) is 4.90 Å². The molecule has 40 heavy (non-hydrogen) atoms. The van der Waals surface area contributed by atoms with Gasteiger partial charge in [0.1, 0.15) is 12.2 Å². The second-order valence-corrected chi connectivity index (χ2v) is 9.98. The van der Waals surface area contributed by atoms with Gasteiger partial charge in [0.15, 0.2) is 0 Å². The van der Waals surface area contributed by atoms with E-state index in [2.05, 4.69) is 5.32 Å². The molecule has 0 aromatic heterocycles. The molecule has 2 unspecified atom stereocenters. The Morgan fingerprint density at radius 1 is 1.00 bits per heavy atom. The Morgan fingerprint density at radius 2 is 1.55 bits per heavy atom. The summed E-state index contributed by atoms with van der Waals surface area (Å²) in [6.45, 7) is 12.9. The number of carboxylic acid groups (broad SMARTS) is 2. The molecule has 1 aliphatic rings. The van der Waals surface area contributed by atoms with Crippen LogP contribution in [0.3, 0.4) is 0 Å². The minimum absolute atomic E-state index is 0. The first kappa shape index (κ1) is 36.7. The van der Waals surface area contributed by atoms with Gasteiger partial charge < -0.3 is 34.6 Å². The molecule has 0 saturated carbocycles. The molecular formula is C29H38N2O8Pd. The number of esters is 1. The summed E-state index contributed by atoms with van der Waals surface area (Å²) >= 11 is 0. The van der Waals surface area contributed by atoms with Crippen molar-refractivity contribution >= 4 is 24.0 Å². The number of nitrogens with one attached hydrogen (secondary N) is 1. The van der Waals surface area contributed by atoms with Crippen LogP contribution in [0.2, 0.25) is 0 Å². The van der Waals surface area contributed by atoms with Crippen molar-refractivity contribution < 1.29 is 59.3 Å². The number of aliphatic carboxylic acids is 2. The molecule has 0 radical (unpaired) electrons. The molecule has 3 rings (SSSR count). The largest absolute Gasteiger partial charge is 2.00 e. The maximum Gasteiger partial charge on any atom is 2.00 e. The smallest absolute Gasteiger partial charge is 0.550 e. The Morgan fingerprint density at radius 3 is 2.08 bits per heavy atom. The van der Waals surface area contributed by atoms with Crippen LogP contribution in [-0.2, 0) is 46.1 Å². The van der Waals surface area contributed by atoms with Gasteiger partial charge in [0.2, 0.25) is 0 Å². The van der Waals surface area contributed by atoms with Gasteiger partial charge in [-0.25, -0.2) is 9.59 Å². The number of nitrogens with zero attached hydrogens (tertiary/aromatic N) is 1. The van der Waals surface area contributed by atoms with Crippen molar-refractivity contribution in [3.05, 3.63) is 70.8 Å². The SMILES string of the molecule is CC(=O)[O-].CC(=O)[O-].Cc1ccc(C2C(C)NCCN2C(=O)OC(C)(C)C)cc1C(=O)OCc1ccccc1.[Pd+2]. The van der Waals surface area contributed by atoms with Gasteiger partial charge in [-0.2, -0.15) is 0 Å². The van der Waals surface area contributed by atoms with E-state index < -0.39 is 17.5 Å². The Labute approximate surface area is 249 Å². The quantitative estimate of drug-likeness (QED) is 0.389. The summed E-state index contributed by atoms with van der Waals surface area (Å²) in [5.41, 5.74) is 2.58. The van der Waals surface area contributed by atoms with E-state index in [1.807, 2.05) is 83.1 Å². The van der Waals surface area contributed by atoms with Crippen molar-refractivity contribution in [1.82, 2.24) is 10.2 Å². The van der Waals surface area contributed by atoms with Crippen molar-refractivity contribution in [3.63, 3.8) is 0 Å². The maximum atomic E-state index is 12.9. The predicted octanol–water partition coefficient (Wildman–Crippen LogP) is 2.13. The molecule has 1 heterocycles. The number of carbonyl (C=O) groups excluding carboxylic acids is 4. The van der Waals surface area contributed by atoms with Crippen molar-refractivity contribution in [1.29, 1.82) is 0 Å². The number of benzene rings is 2. The van der Waals surface area contributed by atoms with Crippen LogP contribution >= 0.6 is 0 Å². The molecule has 222 valence electrons. The third kappa shape index (κ3) is 13.7. The molecule has 10 nitrogen and oxygen atoms in total. The first-order valence-electron chi connectivity index (χ1n) is 12.5. The van der Waals surface area contributed by atoms with E-state index in [1.54, 1.807) is 4.90 Å². The summed E-state index contributed by atoms with van der Waals surface area (Å²) in [7, 11) is 0. The first-order chi connectivity index (χ1) is 18.1. The molecule has 1 fully saturated rings. The molecule has 2 aromatic rings. The normalized spacial score (nSPS) is 16.0. The number of amides is 1. The summed E-state index contributed by atoms with van der Waals surface area (Å²) in [6, 6.07) is 15.1. The monoisotopic (exact) mass is 648 g/mol. The molecule has 0 bridgehead atoms. The summed E-state index contributed by atoms with van der Waals surface area (Å²) in [5, 5.41) is 21.2. The second-order valence-electron chi connectivity index (χ2n) is 9.98. The average Bonchev–Trinajstić information content (AvgIpc) is 2.82. The zero-order valence-corrected chi connectivity index (χ0v) is 25.5. The number of hydrogen-bond acceptors (Lipinski definition) is 9. The minimum atomic E-state index is -1.08. The van der Waals surface area contributed by atoms with Crippen molar-refractivity contribution in [3.8, 4) is 0 Å². The molecule has 2 atom stereocenters. The predicted molar refractivity (Wildman–Crippen MR) is 141 cm³/mol. The minimum Gasteiger partial charge on any atom is -0.550 e. The number of aryl methyl sites for hydroxylation is 1. The van der Waals surface area contributed by atoms with E-state index in [0.717, 1.165) is 30.5 Å². The van der Waals surface area contributed by atoms with E-state index in [1.165, 1.54) is 0 Å². The van der Waals surface area contributed by atoms with E-state index in [-0.39, 0.29) is 51.2 Å². The number of carboxylic acids is 2. The Balaban J connectivity index is 0.00000149. The number of hydrogen-bond donors (Lipinski definition) is 1. The zero-order chi connectivity index (χ0) is 29.8. The summed E-state index contributed by atoms with van der Waals surface area (Å²) in [5.74, 6) is -2.54. The fraction of sp³-hybridized carbons (Fsp3) is 0.448. The van der Waals surface area contributed by atoms with Crippen LogP contribution in [0.5, 0.6) is 0 Å². The van der Waals surface area contributed by atoms with Gasteiger partial charge in [0.25, 0.3) is 0 Å². The van der Waals surface area contributed by atoms with Gasteiger partial charge in [-0.1, -0.05) is 42.5 Å². The third-order valence-corrected chi connectivity index (χ3v) is 5.29. The number of rotatable bonds is 4. The van der Waals surface area contributed by atoms with Gasteiger partial charge in [0.05, 0.1) is 11.6 Å². The topological polar surface area (TPSA) is 148 Å². The fourth-order valence-corrected chi connectivity index (χ4v) is 3.77. The van der Waals surface area contributed by atoms with Crippen LogP contribution in [0.15, 0.2) is 48.5 Å². The van der Waals surface area contributed by atoms with E-state index in [4.69, 9.17) is 29.3 Å².